The van der Waals surface area contributed by atoms with Crippen LogP contribution in [0.15, 0.2) is 29.9 Å². The molecule has 1 N–H and O–H groups in total. The Balaban J connectivity index is 1.73. The van der Waals surface area contributed by atoms with E-state index in [1.807, 2.05) is 25.1 Å². The van der Waals surface area contributed by atoms with Gasteiger partial charge in [-0.15, -0.1) is 16.4 Å². The van der Waals surface area contributed by atoms with E-state index in [0.29, 0.717) is 12.2 Å². The summed E-state index contributed by atoms with van der Waals surface area (Å²) in [4.78, 5) is 15.5. The van der Waals surface area contributed by atoms with Gasteiger partial charge in [-0.25, -0.2) is 14.5 Å². The molecule has 0 fully saturated rings. The van der Waals surface area contributed by atoms with Gasteiger partial charge in [0.1, 0.15) is 12.3 Å². The summed E-state index contributed by atoms with van der Waals surface area (Å²) in [5, 5.41) is 10.6. The predicted molar refractivity (Wildman–Crippen MR) is 78.4 cm³/mol. The van der Waals surface area contributed by atoms with E-state index in [0.717, 1.165) is 15.9 Å². The first kappa shape index (κ1) is 13.5. The minimum atomic E-state index is -0.462. The van der Waals surface area contributed by atoms with Crippen molar-refractivity contribution in [2.24, 2.45) is 0 Å². The smallest absolute Gasteiger partial charge is 0.407 e. The van der Waals surface area contributed by atoms with Gasteiger partial charge in [0, 0.05) is 6.54 Å². The number of thiazole rings is 1. The maximum Gasteiger partial charge on any atom is 0.407 e. The minimum absolute atomic E-state index is 0.0881. The van der Waals surface area contributed by atoms with Crippen molar-refractivity contribution in [3.05, 3.63) is 35.6 Å². The van der Waals surface area contributed by atoms with Gasteiger partial charge in [0.25, 0.3) is 0 Å². The zero-order valence-corrected chi connectivity index (χ0v) is 12.1. The van der Waals surface area contributed by atoms with E-state index in [1.54, 1.807) is 27.7 Å². The van der Waals surface area contributed by atoms with Crippen LogP contribution in [0.25, 0.3) is 15.9 Å². The van der Waals surface area contributed by atoms with Crippen molar-refractivity contribution in [3.8, 4) is 5.69 Å². The van der Waals surface area contributed by atoms with Gasteiger partial charge < -0.3 is 10.1 Å². The zero-order chi connectivity index (χ0) is 14.7. The van der Waals surface area contributed by atoms with E-state index in [-0.39, 0.29) is 6.61 Å². The molecular weight excluding hydrogens is 290 g/mol. The number of hydrogen-bond acceptors (Lipinski definition) is 6. The van der Waals surface area contributed by atoms with Gasteiger partial charge in [0.05, 0.1) is 27.6 Å². The Kier molecular flexibility index (Phi) is 3.78. The van der Waals surface area contributed by atoms with Gasteiger partial charge in [-0.2, -0.15) is 0 Å². The molecule has 3 rings (SSSR count). The second-order valence-corrected chi connectivity index (χ2v) is 5.15. The Labute approximate surface area is 124 Å². The molecule has 1 amide bonds. The fourth-order valence-corrected chi connectivity index (χ4v) is 2.47. The van der Waals surface area contributed by atoms with Crippen LogP contribution in [0.1, 0.15) is 12.6 Å². The fourth-order valence-electron chi connectivity index (χ4n) is 1.81. The highest BCUT2D eigenvalue weighted by atomic mass is 32.1. The maximum atomic E-state index is 11.2. The molecule has 0 atom stereocenters. The SMILES string of the molecule is CCNC(=O)OCc1cn(-c2ccc3scnc3c2)nn1. The summed E-state index contributed by atoms with van der Waals surface area (Å²) in [7, 11) is 0. The van der Waals surface area contributed by atoms with Crippen LogP contribution >= 0.6 is 11.3 Å². The minimum Gasteiger partial charge on any atom is -0.443 e. The molecule has 108 valence electrons. The molecule has 1 aromatic carbocycles. The number of fused-ring (bicyclic) bond motifs is 1. The van der Waals surface area contributed by atoms with Crippen LogP contribution in [-0.2, 0) is 11.3 Å². The number of nitrogens with one attached hydrogen (secondary N) is 1. The third-order valence-electron chi connectivity index (χ3n) is 2.79. The second-order valence-electron chi connectivity index (χ2n) is 4.27. The normalized spacial score (nSPS) is 10.7. The average molecular weight is 303 g/mol. The van der Waals surface area contributed by atoms with Gasteiger partial charge in [-0.05, 0) is 25.1 Å². The van der Waals surface area contributed by atoms with Gasteiger partial charge in [-0.3, -0.25) is 0 Å². The predicted octanol–water partition coefficient (Wildman–Crippen LogP) is 2.12. The van der Waals surface area contributed by atoms with Gasteiger partial charge >= 0.3 is 6.09 Å². The largest absolute Gasteiger partial charge is 0.443 e. The molecule has 0 spiro atoms. The summed E-state index contributed by atoms with van der Waals surface area (Å²) in [6.07, 6.45) is 1.27. The number of carbonyl (C=O) groups excluding carboxylic acids is 1. The molecule has 2 heterocycles. The van der Waals surface area contributed by atoms with Crippen molar-refractivity contribution in [2.45, 2.75) is 13.5 Å². The molecule has 21 heavy (non-hydrogen) atoms. The average Bonchev–Trinajstić information content (AvgIpc) is 3.13. The summed E-state index contributed by atoms with van der Waals surface area (Å²) >= 11 is 1.59. The first-order valence-corrected chi connectivity index (χ1v) is 7.29. The van der Waals surface area contributed by atoms with E-state index in [9.17, 15) is 4.79 Å². The Morgan fingerprint density at radius 1 is 1.48 bits per heavy atom. The number of ether oxygens (including phenoxy) is 1. The lowest BCUT2D eigenvalue weighted by atomic mass is 10.3. The molecule has 3 aromatic rings. The number of hydrogen-bond donors (Lipinski definition) is 1. The molecule has 2 aromatic heterocycles. The van der Waals surface area contributed by atoms with Crippen LogP contribution < -0.4 is 5.32 Å². The number of amides is 1. The highest BCUT2D eigenvalue weighted by molar-refractivity contribution is 7.16. The Hall–Kier alpha value is -2.48. The van der Waals surface area contributed by atoms with Crippen molar-refractivity contribution < 1.29 is 9.53 Å². The molecule has 8 heteroatoms. The Morgan fingerprint density at radius 2 is 2.38 bits per heavy atom. The molecule has 0 bridgehead atoms. The third kappa shape index (κ3) is 3.00. The highest BCUT2D eigenvalue weighted by Gasteiger charge is 2.07. The van der Waals surface area contributed by atoms with Crippen LogP contribution in [0.4, 0.5) is 4.79 Å². The lowest BCUT2D eigenvalue weighted by molar-refractivity contribution is 0.139. The number of nitrogens with zero attached hydrogens (tertiary/aromatic N) is 4. The summed E-state index contributed by atoms with van der Waals surface area (Å²) in [6, 6.07) is 5.88. The first-order chi connectivity index (χ1) is 10.3. The maximum absolute atomic E-state index is 11.2. The molecular formula is C13H13N5O2S. The topological polar surface area (TPSA) is 81.9 Å². The van der Waals surface area contributed by atoms with Crippen molar-refractivity contribution in [3.63, 3.8) is 0 Å². The number of aromatic nitrogens is 4. The lowest BCUT2D eigenvalue weighted by Crippen LogP contribution is -2.23. The van der Waals surface area contributed by atoms with Crippen LogP contribution in [0.3, 0.4) is 0 Å². The van der Waals surface area contributed by atoms with Gasteiger partial charge in [0.2, 0.25) is 0 Å². The van der Waals surface area contributed by atoms with E-state index in [4.69, 9.17) is 4.74 Å². The van der Waals surface area contributed by atoms with E-state index in [2.05, 4.69) is 20.6 Å². The molecule has 0 radical (unpaired) electrons. The van der Waals surface area contributed by atoms with E-state index in [1.165, 1.54) is 0 Å². The van der Waals surface area contributed by atoms with Crippen LogP contribution in [0.5, 0.6) is 0 Å². The molecule has 7 nitrogen and oxygen atoms in total. The molecule has 0 aliphatic heterocycles. The Bertz CT molecular complexity index is 767. The van der Waals surface area contributed by atoms with Gasteiger partial charge in [0.15, 0.2) is 0 Å². The van der Waals surface area contributed by atoms with E-state index >= 15 is 0 Å². The van der Waals surface area contributed by atoms with Crippen LogP contribution in [0.2, 0.25) is 0 Å². The van der Waals surface area contributed by atoms with Gasteiger partial charge in [-0.1, -0.05) is 5.21 Å². The van der Waals surface area contributed by atoms with Crippen molar-refractivity contribution in [2.75, 3.05) is 6.54 Å². The summed E-state index contributed by atoms with van der Waals surface area (Å²) < 4.78 is 7.76. The number of benzene rings is 1. The summed E-state index contributed by atoms with van der Waals surface area (Å²) in [6.45, 7) is 2.44. The monoisotopic (exact) mass is 303 g/mol. The zero-order valence-electron chi connectivity index (χ0n) is 11.3. The molecule has 0 unspecified atom stereocenters. The highest BCUT2D eigenvalue weighted by Crippen LogP contribution is 2.20. The summed E-state index contributed by atoms with van der Waals surface area (Å²) in [5.41, 5.74) is 4.18. The Morgan fingerprint density at radius 3 is 3.24 bits per heavy atom. The van der Waals surface area contributed by atoms with E-state index < -0.39 is 6.09 Å². The molecule has 0 aliphatic carbocycles. The third-order valence-corrected chi connectivity index (χ3v) is 3.60. The fraction of sp³-hybridized carbons (Fsp3) is 0.231. The van der Waals surface area contributed by atoms with Crippen molar-refractivity contribution in [1.29, 1.82) is 0 Å². The lowest BCUT2D eigenvalue weighted by Gasteiger charge is -2.02. The second kappa shape index (κ2) is 5.88. The summed E-state index contributed by atoms with van der Waals surface area (Å²) in [5.74, 6) is 0. The quantitative estimate of drug-likeness (QED) is 0.798. The standard InChI is InChI=1S/C13H13N5O2S/c1-2-14-13(19)20-7-9-6-18(17-16-9)10-3-4-12-11(5-10)15-8-21-12/h3-6,8H,2,7H2,1H3,(H,14,19). The molecule has 0 saturated heterocycles. The first-order valence-electron chi connectivity index (χ1n) is 6.41. The van der Waals surface area contributed by atoms with Crippen LogP contribution in [-0.4, -0.2) is 32.6 Å². The molecule has 0 aliphatic rings. The van der Waals surface area contributed by atoms with Crippen molar-refractivity contribution >= 4 is 27.6 Å². The number of rotatable bonds is 4. The van der Waals surface area contributed by atoms with Crippen LogP contribution in [0, 0.1) is 0 Å². The molecule has 0 saturated carbocycles. The number of alkyl carbamates (subject to hydrolysis) is 1. The number of carbonyl (C=O) groups is 1. The van der Waals surface area contributed by atoms with Crippen molar-refractivity contribution in [1.82, 2.24) is 25.3 Å².